The van der Waals surface area contributed by atoms with Gasteiger partial charge in [0.25, 0.3) is 0 Å². The summed E-state index contributed by atoms with van der Waals surface area (Å²) in [7, 11) is 0. The van der Waals surface area contributed by atoms with Crippen LogP contribution in [0.5, 0.6) is 0 Å². The summed E-state index contributed by atoms with van der Waals surface area (Å²) < 4.78 is 0. The molecule has 0 atom stereocenters. The second-order valence-corrected chi connectivity index (χ2v) is 4.52. The lowest BCUT2D eigenvalue weighted by atomic mass is 9.72. The van der Waals surface area contributed by atoms with Crippen molar-refractivity contribution in [1.29, 1.82) is 0 Å². The Balaban J connectivity index is 2.38. The van der Waals surface area contributed by atoms with E-state index in [0.717, 1.165) is 11.3 Å². The molecule has 1 saturated heterocycles. The Bertz CT molecular complexity index is 457. The average molecular weight is 231 g/mol. The first-order valence-electron chi connectivity index (χ1n) is 6.03. The molecule has 0 aliphatic carbocycles. The van der Waals surface area contributed by atoms with Crippen molar-refractivity contribution in [2.45, 2.75) is 33.6 Å². The molecule has 0 radical (unpaired) electrons. The van der Waals surface area contributed by atoms with Crippen LogP contribution in [0.2, 0.25) is 0 Å². The van der Waals surface area contributed by atoms with Crippen LogP contribution >= 0.6 is 0 Å². The van der Waals surface area contributed by atoms with Crippen molar-refractivity contribution in [1.82, 2.24) is 0 Å². The lowest BCUT2D eigenvalue weighted by Crippen LogP contribution is -2.66. The second kappa shape index (κ2) is 3.99. The van der Waals surface area contributed by atoms with Crippen molar-refractivity contribution in [2.24, 2.45) is 5.41 Å². The number of hydrogen-bond acceptors (Lipinski definition) is 2. The van der Waals surface area contributed by atoms with Crippen molar-refractivity contribution in [3.8, 4) is 0 Å². The van der Waals surface area contributed by atoms with Gasteiger partial charge < -0.3 is 0 Å². The minimum absolute atomic E-state index is 0.0539. The van der Waals surface area contributed by atoms with Gasteiger partial charge in [0.05, 0.1) is 5.69 Å². The standard InChI is InChI=1S/C14H17NO2/c1-4-14(5-2)12(16)15(13(14)17)11-9-7-6-8-10(11)3/h6-9H,4-5H2,1-3H3. The Kier molecular flexibility index (Phi) is 2.77. The van der Waals surface area contributed by atoms with Gasteiger partial charge in [0.15, 0.2) is 0 Å². The van der Waals surface area contributed by atoms with Gasteiger partial charge in [-0.05, 0) is 31.4 Å². The van der Waals surface area contributed by atoms with Crippen LogP contribution in [0.3, 0.4) is 0 Å². The fourth-order valence-corrected chi connectivity index (χ4v) is 2.45. The van der Waals surface area contributed by atoms with Gasteiger partial charge in [-0.3, -0.25) is 9.59 Å². The van der Waals surface area contributed by atoms with Gasteiger partial charge in [-0.1, -0.05) is 32.0 Å². The molecule has 2 amide bonds. The smallest absolute Gasteiger partial charge is 0.249 e. The molecule has 0 aromatic heterocycles. The van der Waals surface area contributed by atoms with Gasteiger partial charge >= 0.3 is 0 Å². The van der Waals surface area contributed by atoms with Crippen LogP contribution in [0.25, 0.3) is 0 Å². The normalized spacial score (nSPS) is 18.2. The van der Waals surface area contributed by atoms with Crippen LogP contribution in [0, 0.1) is 12.3 Å². The van der Waals surface area contributed by atoms with Gasteiger partial charge in [-0.2, -0.15) is 0 Å². The number of hydrogen-bond donors (Lipinski definition) is 0. The Labute approximate surface area is 101 Å². The molecule has 1 aromatic rings. The van der Waals surface area contributed by atoms with Gasteiger partial charge in [-0.25, -0.2) is 4.90 Å². The lowest BCUT2D eigenvalue weighted by Gasteiger charge is -2.45. The third-order valence-electron chi connectivity index (χ3n) is 3.79. The van der Waals surface area contributed by atoms with E-state index in [-0.39, 0.29) is 11.8 Å². The van der Waals surface area contributed by atoms with E-state index >= 15 is 0 Å². The highest BCUT2D eigenvalue weighted by Crippen LogP contribution is 2.43. The number of imide groups is 1. The SMILES string of the molecule is CCC1(CC)C(=O)N(c2ccccc2C)C1=O. The van der Waals surface area contributed by atoms with Crippen LogP contribution in [-0.2, 0) is 9.59 Å². The second-order valence-electron chi connectivity index (χ2n) is 4.52. The van der Waals surface area contributed by atoms with E-state index < -0.39 is 5.41 Å². The molecule has 0 N–H and O–H groups in total. The number of nitrogens with zero attached hydrogens (tertiary/aromatic N) is 1. The first-order valence-corrected chi connectivity index (χ1v) is 6.03. The molecule has 17 heavy (non-hydrogen) atoms. The van der Waals surface area contributed by atoms with E-state index in [1.807, 2.05) is 45.0 Å². The fraction of sp³-hybridized carbons (Fsp3) is 0.429. The monoisotopic (exact) mass is 231 g/mol. The molecule has 3 nitrogen and oxygen atoms in total. The van der Waals surface area contributed by atoms with E-state index in [2.05, 4.69) is 0 Å². The van der Waals surface area contributed by atoms with Gasteiger partial charge in [0.2, 0.25) is 11.8 Å². The van der Waals surface area contributed by atoms with Crippen molar-refractivity contribution >= 4 is 17.5 Å². The summed E-state index contributed by atoms with van der Waals surface area (Å²) in [5, 5.41) is 0. The molecule has 0 saturated carbocycles. The number of rotatable bonds is 3. The number of para-hydroxylation sites is 1. The molecule has 3 heteroatoms. The summed E-state index contributed by atoms with van der Waals surface area (Å²) in [5.74, 6) is -0.108. The van der Waals surface area contributed by atoms with E-state index in [1.165, 1.54) is 4.90 Å². The zero-order chi connectivity index (χ0) is 12.6. The highest BCUT2D eigenvalue weighted by molar-refractivity contribution is 6.36. The van der Waals surface area contributed by atoms with Crippen molar-refractivity contribution in [2.75, 3.05) is 4.90 Å². The predicted molar refractivity (Wildman–Crippen MR) is 66.7 cm³/mol. The maximum atomic E-state index is 12.2. The van der Waals surface area contributed by atoms with E-state index in [9.17, 15) is 9.59 Å². The number of anilines is 1. The summed E-state index contributed by atoms with van der Waals surface area (Å²) >= 11 is 0. The zero-order valence-corrected chi connectivity index (χ0v) is 10.5. The van der Waals surface area contributed by atoms with Gasteiger partial charge in [0.1, 0.15) is 5.41 Å². The average Bonchev–Trinajstić information content (AvgIpc) is 2.34. The van der Waals surface area contributed by atoms with Crippen molar-refractivity contribution in [3.63, 3.8) is 0 Å². The third kappa shape index (κ3) is 1.42. The zero-order valence-electron chi connectivity index (χ0n) is 10.5. The van der Waals surface area contributed by atoms with Gasteiger partial charge in [0, 0.05) is 0 Å². The minimum atomic E-state index is -0.762. The lowest BCUT2D eigenvalue weighted by molar-refractivity contribution is -0.153. The number of benzene rings is 1. The summed E-state index contributed by atoms with van der Waals surface area (Å²) in [4.78, 5) is 25.7. The molecule has 90 valence electrons. The molecule has 1 fully saturated rings. The molecule has 0 spiro atoms. The molecule has 0 bridgehead atoms. The summed E-state index contributed by atoms with van der Waals surface area (Å²) in [6.07, 6.45) is 1.17. The molecular formula is C14H17NO2. The molecule has 1 aromatic carbocycles. The highest BCUT2D eigenvalue weighted by Gasteiger charge is 2.59. The molecule has 0 unspecified atom stereocenters. The van der Waals surface area contributed by atoms with Crippen molar-refractivity contribution < 1.29 is 9.59 Å². The number of β-lactam (4-membered cyclic amide) rings is 2. The maximum absolute atomic E-state index is 12.2. The van der Waals surface area contributed by atoms with Crippen LogP contribution in [-0.4, -0.2) is 11.8 Å². The summed E-state index contributed by atoms with van der Waals surface area (Å²) in [6, 6.07) is 7.48. The van der Waals surface area contributed by atoms with Gasteiger partial charge in [-0.15, -0.1) is 0 Å². The molecule has 2 rings (SSSR count). The van der Waals surface area contributed by atoms with E-state index in [1.54, 1.807) is 0 Å². The molecular weight excluding hydrogens is 214 g/mol. The third-order valence-corrected chi connectivity index (χ3v) is 3.79. The van der Waals surface area contributed by atoms with Crippen molar-refractivity contribution in [3.05, 3.63) is 29.8 Å². The van der Waals surface area contributed by atoms with E-state index in [0.29, 0.717) is 12.8 Å². The predicted octanol–water partition coefficient (Wildman–Crippen LogP) is 2.67. The molecule has 1 aliphatic heterocycles. The number of aryl methyl sites for hydroxylation is 1. The number of amides is 2. The van der Waals surface area contributed by atoms with Crippen LogP contribution in [0.15, 0.2) is 24.3 Å². The number of carbonyl (C=O) groups excluding carboxylic acids is 2. The maximum Gasteiger partial charge on any atom is 0.249 e. The topological polar surface area (TPSA) is 37.4 Å². The fourth-order valence-electron chi connectivity index (χ4n) is 2.45. The number of carbonyl (C=O) groups is 2. The summed E-state index contributed by atoms with van der Waals surface area (Å²) in [5.41, 5.74) is 0.914. The highest BCUT2D eigenvalue weighted by atomic mass is 16.2. The Morgan fingerprint density at radius 3 is 2.06 bits per heavy atom. The summed E-state index contributed by atoms with van der Waals surface area (Å²) in [6.45, 7) is 5.71. The van der Waals surface area contributed by atoms with E-state index in [4.69, 9.17) is 0 Å². The van der Waals surface area contributed by atoms with Crippen LogP contribution < -0.4 is 4.90 Å². The molecule has 1 heterocycles. The Hall–Kier alpha value is -1.64. The quantitative estimate of drug-likeness (QED) is 0.592. The molecule has 1 aliphatic rings. The first-order chi connectivity index (χ1) is 8.08. The Morgan fingerprint density at radius 1 is 1.06 bits per heavy atom. The largest absolute Gasteiger partial charge is 0.273 e. The Morgan fingerprint density at radius 2 is 1.59 bits per heavy atom. The minimum Gasteiger partial charge on any atom is -0.273 e. The van der Waals surface area contributed by atoms with Crippen LogP contribution in [0.4, 0.5) is 5.69 Å². The first kappa shape index (κ1) is 11.8. The van der Waals surface area contributed by atoms with Crippen LogP contribution in [0.1, 0.15) is 32.3 Å².